The molecule has 2 aliphatic heterocycles. The molecule has 0 saturated carbocycles. The van der Waals surface area contributed by atoms with Crippen LogP contribution in [-0.2, 0) is 30.6 Å². The van der Waals surface area contributed by atoms with E-state index in [0.717, 1.165) is 11.3 Å². The Morgan fingerprint density at radius 1 is 1.29 bits per heavy atom. The zero-order valence-corrected chi connectivity index (χ0v) is 24.3. The molecule has 2 atom stereocenters. The fourth-order valence-electron chi connectivity index (χ4n) is 3.57. The first-order chi connectivity index (χ1) is 17.5. The number of amides is 2. The summed E-state index contributed by atoms with van der Waals surface area (Å²) in [5.41, 5.74) is 4.04. The third-order valence-electron chi connectivity index (χ3n) is 5.55. The van der Waals surface area contributed by atoms with E-state index < -0.39 is 40.8 Å². The number of thioether (sulfide) groups is 1. The predicted octanol–water partition coefficient (Wildman–Crippen LogP) is -0.345. The monoisotopic (exact) mass is 570 g/mol. The number of nitrogen functional groups attached to an aromatic ring is 1. The summed E-state index contributed by atoms with van der Waals surface area (Å²) in [6, 6.07) is 4.44. The Morgan fingerprint density at radius 2 is 1.97 bits per heavy atom. The smallest absolute Gasteiger partial charge is 0.352 e. The van der Waals surface area contributed by atoms with Crippen LogP contribution >= 0.6 is 23.1 Å². The maximum absolute atomic E-state index is 13.1. The molecule has 4 heterocycles. The van der Waals surface area contributed by atoms with Gasteiger partial charge in [-0.05, 0) is 13.8 Å². The van der Waals surface area contributed by atoms with Crippen LogP contribution in [0.4, 0.5) is 5.13 Å². The van der Waals surface area contributed by atoms with Crippen molar-refractivity contribution >= 4 is 87.3 Å². The molecule has 0 spiro atoms. The number of thiazole rings is 1. The molecule has 16 heteroatoms. The quantitative estimate of drug-likeness (QED) is 0.102. The molecule has 2 amide bonds. The van der Waals surface area contributed by atoms with Gasteiger partial charge in [0.1, 0.15) is 22.8 Å². The van der Waals surface area contributed by atoms with E-state index in [1.54, 1.807) is 12.4 Å². The van der Waals surface area contributed by atoms with Crippen LogP contribution in [0.5, 0.6) is 0 Å². The number of fused-ring (bicyclic) bond motifs is 1. The summed E-state index contributed by atoms with van der Waals surface area (Å²) in [4.78, 5) is 59.9. The zero-order valence-electron chi connectivity index (χ0n) is 20.7. The first kappa shape index (κ1) is 29.6. The molecule has 2 aromatic heterocycles. The van der Waals surface area contributed by atoms with Crippen molar-refractivity contribution in [3.05, 3.63) is 52.9 Å². The van der Waals surface area contributed by atoms with Gasteiger partial charge in [-0.3, -0.25) is 14.5 Å². The van der Waals surface area contributed by atoms with Crippen LogP contribution in [0.3, 0.4) is 0 Å². The average molecular weight is 571 g/mol. The molecule has 13 nitrogen and oxygen atoms in total. The van der Waals surface area contributed by atoms with E-state index in [9.17, 15) is 29.4 Å². The van der Waals surface area contributed by atoms with Gasteiger partial charge in [-0.2, -0.15) is 0 Å². The summed E-state index contributed by atoms with van der Waals surface area (Å²) >= 11 is 2.35. The van der Waals surface area contributed by atoms with Crippen LogP contribution in [-0.4, -0.2) is 102 Å². The average Bonchev–Trinajstić information content (AvgIpc) is 3.28. The van der Waals surface area contributed by atoms with E-state index in [1.165, 1.54) is 35.9 Å². The fraction of sp³-hybridized carbons (Fsp3) is 0.318. The van der Waals surface area contributed by atoms with Gasteiger partial charge < -0.3 is 26.1 Å². The maximum atomic E-state index is 13.1. The molecule has 2 aliphatic rings. The van der Waals surface area contributed by atoms with Crippen LogP contribution in [0, 0.1) is 0 Å². The van der Waals surface area contributed by atoms with Gasteiger partial charge in [0.2, 0.25) is 5.60 Å². The number of hydrogen-bond acceptors (Lipinski definition) is 10. The number of nitrogens with two attached hydrogens (primary N) is 1. The summed E-state index contributed by atoms with van der Waals surface area (Å²) < 4.78 is 1.81. The van der Waals surface area contributed by atoms with E-state index in [-0.39, 0.29) is 51.8 Å². The van der Waals surface area contributed by atoms with Crippen molar-refractivity contribution in [2.75, 3.05) is 11.5 Å². The molecule has 1 saturated heterocycles. The largest absolute Gasteiger partial charge is 0.478 e. The van der Waals surface area contributed by atoms with Gasteiger partial charge in [-0.25, -0.2) is 19.1 Å². The van der Waals surface area contributed by atoms with Crippen molar-refractivity contribution in [2.24, 2.45) is 5.16 Å². The number of rotatable bonds is 9. The second-order valence-electron chi connectivity index (χ2n) is 8.58. The minimum Gasteiger partial charge on any atom is -0.478 e. The van der Waals surface area contributed by atoms with Gasteiger partial charge in [0, 0.05) is 58.4 Å². The molecule has 195 valence electrons. The van der Waals surface area contributed by atoms with Crippen LogP contribution in [0.1, 0.15) is 19.5 Å². The number of aliphatic carboxylic acids is 2. The number of carbonyl (C=O) groups is 4. The number of nitrogens with one attached hydrogen (secondary N) is 1. The minimum atomic E-state index is -1.75. The van der Waals surface area contributed by atoms with E-state index in [0.29, 0.717) is 17.9 Å². The molecule has 0 bridgehead atoms. The number of hydrogen-bond donors (Lipinski definition) is 4. The SMILES string of the molecule is CC(C)(O/N=C(/C(=O)N[C@@H]1C(=O)N2C(C(=O)O)=C(C[n+]3ccccc3)CS[C@H]12)c1csc(N)n1)C(=O)O.[Na]. The molecular weight excluding hydrogens is 547 g/mol. The molecule has 5 N–H and O–H groups in total. The van der Waals surface area contributed by atoms with Crippen LogP contribution in [0.25, 0.3) is 0 Å². The Bertz CT molecular complexity index is 1330. The Balaban J connectivity index is 0.00000400. The summed E-state index contributed by atoms with van der Waals surface area (Å²) in [6.45, 7) is 2.80. The molecule has 0 unspecified atom stereocenters. The van der Waals surface area contributed by atoms with Crippen molar-refractivity contribution in [3.8, 4) is 0 Å². The molecule has 2 aromatic rings. The Morgan fingerprint density at radius 3 is 2.55 bits per heavy atom. The zero-order chi connectivity index (χ0) is 26.9. The van der Waals surface area contributed by atoms with Crippen molar-refractivity contribution in [3.63, 3.8) is 0 Å². The third kappa shape index (κ3) is 6.02. The van der Waals surface area contributed by atoms with E-state index in [1.807, 2.05) is 22.8 Å². The number of aromatic nitrogens is 2. The van der Waals surface area contributed by atoms with Gasteiger partial charge in [0.25, 0.3) is 11.8 Å². The van der Waals surface area contributed by atoms with Crippen molar-refractivity contribution in [1.82, 2.24) is 15.2 Å². The number of β-lactam (4-membered cyclic amide) rings is 1. The van der Waals surface area contributed by atoms with Gasteiger partial charge in [0.15, 0.2) is 29.8 Å². The molecule has 0 aliphatic carbocycles. The summed E-state index contributed by atoms with van der Waals surface area (Å²) in [7, 11) is 0. The Kier molecular flexibility index (Phi) is 9.20. The van der Waals surface area contributed by atoms with E-state index in [2.05, 4.69) is 15.5 Å². The Hall–Kier alpha value is -2.98. The normalized spacial score (nSPS) is 19.2. The fourth-order valence-corrected chi connectivity index (χ4v) is 5.46. The number of nitrogens with zero attached hydrogens (tertiary/aromatic N) is 4. The Labute approximate surface area is 247 Å². The van der Waals surface area contributed by atoms with Gasteiger partial charge in [-0.15, -0.1) is 23.1 Å². The minimum absolute atomic E-state index is 0. The van der Waals surface area contributed by atoms with Crippen LogP contribution < -0.4 is 15.6 Å². The molecule has 4 rings (SSSR count). The first-order valence-electron chi connectivity index (χ1n) is 10.9. The van der Waals surface area contributed by atoms with Gasteiger partial charge >= 0.3 is 11.9 Å². The standard InChI is InChI=1S/C22H22N6O7S2.Na/c1-22(2,20(33)34)35-26-13(12-10-37-21(23)24-12)16(29)25-14-17(30)28-15(19(31)32)11(9-36-18(14)28)8-27-6-4-3-5-7-27;/h3-7,10,14,18H,8-9H2,1-2H3,(H4-,23,24,25,29,31,32,33,34);/p+1/b26-13+;/t14-,18-;/m1./s1. The maximum Gasteiger partial charge on any atom is 0.352 e. The number of oxime groups is 1. The summed E-state index contributed by atoms with van der Waals surface area (Å²) in [5, 5.41) is 26.3. The van der Waals surface area contributed by atoms with Crippen molar-refractivity contribution < 1.29 is 38.8 Å². The van der Waals surface area contributed by atoms with Gasteiger partial charge in [0.05, 0.1) is 0 Å². The second kappa shape index (κ2) is 11.8. The molecule has 38 heavy (non-hydrogen) atoms. The summed E-state index contributed by atoms with van der Waals surface area (Å²) in [6.07, 6.45) is 3.59. The molecule has 1 radical (unpaired) electrons. The van der Waals surface area contributed by atoms with Crippen molar-refractivity contribution in [1.29, 1.82) is 0 Å². The predicted molar refractivity (Wildman–Crippen MR) is 138 cm³/mol. The number of pyridine rings is 1. The van der Waals surface area contributed by atoms with Gasteiger partial charge in [-0.1, -0.05) is 11.2 Å². The van der Waals surface area contributed by atoms with E-state index in [4.69, 9.17) is 10.6 Å². The van der Waals surface area contributed by atoms with Crippen LogP contribution in [0.2, 0.25) is 0 Å². The summed E-state index contributed by atoms with van der Waals surface area (Å²) in [5.74, 6) is -3.66. The second-order valence-corrected chi connectivity index (χ2v) is 10.6. The van der Waals surface area contributed by atoms with E-state index >= 15 is 0 Å². The number of carbonyl (C=O) groups excluding carboxylic acids is 2. The molecular formula is C22H23N6NaO7S2+. The van der Waals surface area contributed by atoms with Crippen LogP contribution in [0.15, 0.2) is 52.4 Å². The number of carboxylic acid groups (broad SMARTS) is 2. The third-order valence-corrected chi connectivity index (χ3v) is 7.56. The van der Waals surface area contributed by atoms with Crippen molar-refractivity contribution in [2.45, 2.75) is 37.4 Å². The topological polar surface area (TPSA) is 188 Å². The first-order valence-corrected chi connectivity index (χ1v) is 12.8. The molecule has 1 fully saturated rings. The number of anilines is 1. The number of carboxylic acids is 2. The molecule has 0 aromatic carbocycles.